The molecule has 0 aliphatic carbocycles. The number of nitrogens with zero attached hydrogens (tertiary/aromatic N) is 1. The largest absolute Gasteiger partial charge is 0.537 e. The molecule has 24 heavy (non-hydrogen) atoms. The van der Waals surface area contributed by atoms with Gasteiger partial charge < -0.3 is 5.11 Å². The molecule has 0 aromatic rings. The fraction of sp³-hybridized carbons (Fsp3) is 0.944. The van der Waals surface area contributed by atoms with Crippen LogP contribution in [0.2, 0.25) is 0 Å². The van der Waals surface area contributed by atoms with Crippen molar-refractivity contribution in [2.75, 3.05) is 6.61 Å². The summed E-state index contributed by atoms with van der Waals surface area (Å²) < 4.78 is 0. The molecule has 6 heteroatoms. The van der Waals surface area contributed by atoms with Crippen LogP contribution in [-0.2, 0) is 14.6 Å². The van der Waals surface area contributed by atoms with Gasteiger partial charge in [-0.2, -0.15) is 9.95 Å². The Morgan fingerprint density at radius 1 is 1.04 bits per heavy atom. The van der Waals surface area contributed by atoms with Crippen LogP contribution in [0, 0.1) is 0 Å². The van der Waals surface area contributed by atoms with E-state index in [-0.39, 0.29) is 17.2 Å². The second-order valence-corrected chi connectivity index (χ2v) is 8.00. The summed E-state index contributed by atoms with van der Waals surface area (Å²) in [5.74, 6) is 0. The molecule has 1 rings (SSSR count). The Balaban J connectivity index is 2.44. The molecule has 0 spiro atoms. The Morgan fingerprint density at radius 3 is 2.12 bits per heavy atom. The molecular formula is C18H35NO5. The normalized spacial score (nSPS) is 20.9. The number of unbranched alkanes of at least 4 members (excludes halogenated alkanes) is 5. The van der Waals surface area contributed by atoms with Crippen LogP contribution in [0.1, 0.15) is 86.0 Å². The number of piperidine rings is 1. The van der Waals surface area contributed by atoms with Gasteiger partial charge in [0.25, 0.3) is 0 Å². The first-order valence-electron chi connectivity index (χ1n) is 9.18. The Bertz CT molecular complexity index is 366. The fourth-order valence-corrected chi connectivity index (χ4v) is 3.74. The van der Waals surface area contributed by atoms with Crippen LogP contribution in [-0.4, -0.2) is 40.1 Å². The number of hydrogen-bond donors (Lipinski definition) is 1. The van der Waals surface area contributed by atoms with E-state index in [1.54, 1.807) is 0 Å². The first-order chi connectivity index (χ1) is 11.2. The molecule has 1 N–H and O–H groups in total. The van der Waals surface area contributed by atoms with Gasteiger partial charge in [0, 0.05) is 11.1 Å². The van der Waals surface area contributed by atoms with Crippen molar-refractivity contribution in [3.63, 3.8) is 0 Å². The summed E-state index contributed by atoms with van der Waals surface area (Å²) >= 11 is 0. The molecule has 6 nitrogen and oxygen atoms in total. The Labute approximate surface area is 146 Å². The molecule has 0 bridgehead atoms. The lowest BCUT2D eigenvalue weighted by atomic mass is 9.80. The van der Waals surface area contributed by atoms with E-state index in [0.717, 1.165) is 13.0 Å². The van der Waals surface area contributed by atoms with Crippen molar-refractivity contribution in [3.8, 4) is 0 Å². The van der Waals surface area contributed by atoms with Gasteiger partial charge in [0.2, 0.25) is 0 Å². The van der Waals surface area contributed by atoms with Crippen molar-refractivity contribution >= 4 is 6.16 Å². The highest BCUT2D eigenvalue weighted by molar-refractivity contribution is 5.55. The molecule has 0 aromatic carbocycles. The SMILES string of the molecule is CCCCCCCCON1C(C)(C)CC(OOC(=O)O)CC1(C)C. The van der Waals surface area contributed by atoms with E-state index in [4.69, 9.17) is 14.8 Å². The summed E-state index contributed by atoms with van der Waals surface area (Å²) in [4.78, 5) is 26.0. The zero-order chi connectivity index (χ0) is 18.2. The summed E-state index contributed by atoms with van der Waals surface area (Å²) in [6.07, 6.45) is 7.05. The molecule has 0 radical (unpaired) electrons. The standard InChI is InChI=1S/C18H35NO5/c1-6-7-8-9-10-11-12-22-19-17(2,3)13-15(14-18(19,4)5)23-24-16(20)21/h15H,6-14H2,1-5H3,(H,20,21). The zero-order valence-corrected chi connectivity index (χ0v) is 16.0. The highest BCUT2D eigenvalue weighted by atomic mass is 17.2. The lowest BCUT2D eigenvalue weighted by Crippen LogP contribution is -2.61. The predicted octanol–water partition coefficient (Wildman–Crippen LogP) is 4.93. The minimum Gasteiger partial charge on any atom is -0.448 e. The lowest BCUT2D eigenvalue weighted by molar-refractivity contribution is -0.342. The number of rotatable bonds is 10. The molecule has 0 aromatic heterocycles. The van der Waals surface area contributed by atoms with Gasteiger partial charge in [0.15, 0.2) is 0 Å². The van der Waals surface area contributed by atoms with Crippen molar-refractivity contribution in [3.05, 3.63) is 0 Å². The predicted molar refractivity (Wildman–Crippen MR) is 92.5 cm³/mol. The van der Waals surface area contributed by atoms with Gasteiger partial charge in [-0.3, -0.25) is 9.73 Å². The fourth-order valence-electron chi connectivity index (χ4n) is 3.74. The van der Waals surface area contributed by atoms with E-state index in [1.165, 1.54) is 32.1 Å². The number of hydrogen-bond acceptors (Lipinski definition) is 5. The molecule has 1 fully saturated rings. The summed E-state index contributed by atoms with van der Waals surface area (Å²) in [5.41, 5.74) is -0.507. The van der Waals surface area contributed by atoms with E-state index in [0.29, 0.717) is 12.8 Å². The first-order valence-corrected chi connectivity index (χ1v) is 9.18. The van der Waals surface area contributed by atoms with Crippen LogP contribution in [0.15, 0.2) is 0 Å². The highest BCUT2D eigenvalue weighted by Gasteiger charge is 2.47. The average Bonchev–Trinajstić information content (AvgIpc) is 2.45. The van der Waals surface area contributed by atoms with Crippen LogP contribution >= 0.6 is 0 Å². The van der Waals surface area contributed by atoms with Crippen LogP contribution in [0.25, 0.3) is 0 Å². The topological polar surface area (TPSA) is 68.2 Å². The number of hydroxylamine groups is 2. The van der Waals surface area contributed by atoms with E-state index < -0.39 is 6.16 Å². The summed E-state index contributed by atoms with van der Waals surface area (Å²) in [6.45, 7) is 11.3. The Hall–Kier alpha value is -0.850. The van der Waals surface area contributed by atoms with Crippen LogP contribution in [0.3, 0.4) is 0 Å². The van der Waals surface area contributed by atoms with E-state index in [2.05, 4.69) is 44.6 Å². The minimum absolute atomic E-state index is 0.253. The lowest BCUT2D eigenvalue weighted by Gasteiger charge is -2.52. The summed E-state index contributed by atoms with van der Waals surface area (Å²) in [5, 5.41) is 10.7. The maximum atomic E-state index is 10.5. The zero-order valence-electron chi connectivity index (χ0n) is 16.0. The number of carbonyl (C=O) groups is 1. The third kappa shape index (κ3) is 6.95. The first kappa shape index (κ1) is 21.2. The molecule has 0 unspecified atom stereocenters. The highest BCUT2D eigenvalue weighted by Crippen LogP contribution is 2.39. The maximum absolute atomic E-state index is 10.5. The Kier molecular flexibility index (Phi) is 8.46. The van der Waals surface area contributed by atoms with Gasteiger partial charge in [-0.15, -0.1) is 0 Å². The Morgan fingerprint density at radius 2 is 1.58 bits per heavy atom. The summed E-state index contributed by atoms with van der Waals surface area (Å²) in [6, 6.07) is 0. The molecule has 1 aliphatic heterocycles. The molecule has 1 aliphatic rings. The molecule has 142 valence electrons. The van der Waals surface area contributed by atoms with Crippen molar-refractivity contribution in [1.82, 2.24) is 5.06 Å². The maximum Gasteiger partial charge on any atom is 0.537 e. The van der Waals surface area contributed by atoms with E-state index >= 15 is 0 Å². The van der Waals surface area contributed by atoms with Crippen LogP contribution < -0.4 is 0 Å². The number of carboxylic acid groups (broad SMARTS) is 1. The van der Waals surface area contributed by atoms with E-state index in [1.807, 2.05) is 0 Å². The van der Waals surface area contributed by atoms with Gasteiger partial charge in [0.05, 0.1) is 6.61 Å². The molecule has 1 saturated heterocycles. The molecular weight excluding hydrogens is 310 g/mol. The van der Waals surface area contributed by atoms with Gasteiger partial charge in [-0.1, -0.05) is 39.0 Å². The van der Waals surface area contributed by atoms with E-state index in [9.17, 15) is 4.79 Å². The van der Waals surface area contributed by atoms with Gasteiger partial charge in [0.1, 0.15) is 6.10 Å². The minimum atomic E-state index is -1.41. The average molecular weight is 345 g/mol. The molecule has 0 amide bonds. The monoisotopic (exact) mass is 345 g/mol. The van der Waals surface area contributed by atoms with Gasteiger partial charge in [-0.05, 0) is 47.0 Å². The second-order valence-electron chi connectivity index (χ2n) is 8.00. The van der Waals surface area contributed by atoms with Crippen LogP contribution in [0.4, 0.5) is 4.79 Å². The quantitative estimate of drug-likeness (QED) is 0.344. The van der Waals surface area contributed by atoms with Gasteiger partial charge >= 0.3 is 6.16 Å². The van der Waals surface area contributed by atoms with Crippen molar-refractivity contribution in [2.24, 2.45) is 0 Å². The third-order valence-corrected chi connectivity index (χ3v) is 4.53. The third-order valence-electron chi connectivity index (χ3n) is 4.53. The summed E-state index contributed by atoms with van der Waals surface area (Å²) in [7, 11) is 0. The second kappa shape index (κ2) is 9.59. The molecule has 0 saturated carbocycles. The van der Waals surface area contributed by atoms with Crippen molar-refractivity contribution in [2.45, 2.75) is 103 Å². The van der Waals surface area contributed by atoms with Crippen molar-refractivity contribution < 1.29 is 24.5 Å². The molecule has 0 atom stereocenters. The smallest absolute Gasteiger partial charge is 0.448 e. The van der Waals surface area contributed by atoms with Gasteiger partial charge in [-0.25, -0.2) is 4.79 Å². The molecule has 1 heterocycles. The van der Waals surface area contributed by atoms with Crippen molar-refractivity contribution in [1.29, 1.82) is 0 Å². The van der Waals surface area contributed by atoms with Crippen LogP contribution in [0.5, 0.6) is 0 Å².